The Balaban J connectivity index is 1.69. The molecule has 1 unspecified atom stereocenters. The zero-order valence-corrected chi connectivity index (χ0v) is 21.0. The number of allylic oxidation sites excluding steroid dienone is 2. The molecule has 2 heterocycles. The van der Waals surface area contributed by atoms with Gasteiger partial charge in [0.2, 0.25) is 5.91 Å². The number of carbonyl (C=O) groups excluding carboxylic acids is 1. The second-order valence-corrected chi connectivity index (χ2v) is 9.94. The van der Waals surface area contributed by atoms with Crippen LogP contribution < -0.4 is 15.0 Å². The quantitative estimate of drug-likeness (QED) is 0.319. The smallest absolute Gasteiger partial charge is 0.262 e. The fourth-order valence-electron chi connectivity index (χ4n) is 4.45. The second kappa shape index (κ2) is 11.3. The fraction of sp³-hybridized carbons (Fsp3) is 0.560. The lowest BCUT2D eigenvalue weighted by molar-refractivity contribution is -0.134. The van der Waals surface area contributed by atoms with Gasteiger partial charge in [0, 0.05) is 25.7 Å². The number of hydrogen-bond donors (Lipinski definition) is 0. The Hall–Kier alpha value is -2.52. The maximum atomic E-state index is 13.6. The highest BCUT2D eigenvalue weighted by Crippen LogP contribution is 2.32. The average molecular weight is 488 g/mol. The summed E-state index contributed by atoms with van der Waals surface area (Å²) in [4.78, 5) is 33.3. The van der Waals surface area contributed by atoms with E-state index in [-0.39, 0.29) is 16.7 Å². The number of ether oxygens (including phenoxy) is 3. The van der Waals surface area contributed by atoms with Crippen molar-refractivity contribution in [3.63, 3.8) is 0 Å². The minimum Gasteiger partial charge on any atom is -0.493 e. The Bertz CT molecular complexity index is 1120. The lowest BCUT2D eigenvalue weighted by atomic mass is 9.97. The minimum atomic E-state index is -0.372. The molecule has 8 nitrogen and oxygen atoms in total. The van der Waals surface area contributed by atoms with Crippen molar-refractivity contribution >= 4 is 28.6 Å². The van der Waals surface area contributed by atoms with Crippen LogP contribution >= 0.6 is 11.8 Å². The molecule has 1 fully saturated rings. The van der Waals surface area contributed by atoms with Crippen LogP contribution in [0.3, 0.4) is 0 Å². The number of amides is 1. The topological polar surface area (TPSA) is 82.9 Å². The van der Waals surface area contributed by atoms with Gasteiger partial charge in [-0.3, -0.25) is 14.2 Å². The Kier molecular flexibility index (Phi) is 8.15. The highest BCUT2D eigenvalue weighted by Gasteiger charge is 2.26. The molecule has 1 aromatic heterocycles. The van der Waals surface area contributed by atoms with Crippen molar-refractivity contribution in [2.45, 2.75) is 56.0 Å². The average Bonchev–Trinajstić information content (AvgIpc) is 2.88. The van der Waals surface area contributed by atoms with E-state index in [0.717, 1.165) is 19.3 Å². The molecule has 2 aromatic rings. The van der Waals surface area contributed by atoms with Gasteiger partial charge in [0.05, 0.1) is 43.6 Å². The van der Waals surface area contributed by atoms with Gasteiger partial charge in [-0.05, 0) is 45.1 Å². The van der Waals surface area contributed by atoms with E-state index in [1.54, 1.807) is 30.9 Å². The van der Waals surface area contributed by atoms with Gasteiger partial charge in [-0.25, -0.2) is 4.98 Å². The molecule has 1 saturated heterocycles. The van der Waals surface area contributed by atoms with Gasteiger partial charge >= 0.3 is 0 Å². The SMILES string of the molecule is COc1cc2nc(SC(C)C(=O)N3CCOCC3)n(CCC3=CCCCC3)c(=O)c2cc1OC. The molecule has 1 aliphatic carbocycles. The fourth-order valence-corrected chi connectivity index (χ4v) is 5.47. The molecule has 1 atom stereocenters. The van der Waals surface area contributed by atoms with Crippen LogP contribution in [0.2, 0.25) is 0 Å². The first-order valence-electron chi connectivity index (χ1n) is 11.9. The number of benzene rings is 1. The van der Waals surface area contributed by atoms with Crippen molar-refractivity contribution in [3.05, 3.63) is 34.1 Å². The van der Waals surface area contributed by atoms with Gasteiger partial charge in [-0.2, -0.15) is 0 Å². The largest absolute Gasteiger partial charge is 0.493 e. The zero-order chi connectivity index (χ0) is 24.1. The van der Waals surface area contributed by atoms with E-state index in [0.29, 0.717) is 60.4 Å². The number of morpholine rings is 1. The Morgan fingerprint density at radius 3 is 2.59 bits per heavy atom. The lowest BCUT2D eigenvalue weighted by Gasteiger charge is -2.29. The molecule has 0 N–H and O–H groups in total. The Morgan fingerprint density at radius 2 is 1.91 bits per heavy atom. The summed E-state index contributed by atoms with van der Waals surface area (Å²) in [7, 11) is 3.11. The summed E-state index contributed by atoms with van der Waals surface area (Å²) in [6, 6.07) is 3.42. The molecule has 0 spiro atoms. The maximum absolute atomic E-state index is 13.6. The van der Waals surface area contributed by atoms with Crippen LogP contribution in [0.15, 0.2) is 33.7 Å². The zero-order valence-electron chi connectivity index (χ0n) is 20.2. The Morgan fingerprint density at radius 1 is 1.18 bits per heavy atom. The van der Waals surface area contributed by atoms with Gasteiger partial charge in [0.15, 0.2) is 16.7 Å². The van der Waals surface area contributed by atoms with E-state index < -0.39 is 0 Å². The first-order chi connectivity index (χ1) is 16.5. The molecule has 1 aromatic carbocycles. The van der Waals surface area contributed by atoms with Crippen LogP contribution in [0.1, 0.15) is 39.0 Å². The first-order valence-corrected chi connectivity index (χ1v) is 12.8. The van der Waals surface area contributed by atoms with E-state index in [1.807, 2.05) is 11.8 Å². The molecule has 0 saturated carbocycles. The van der Waals surface area contributed by atoms with Gasteiger partial charge in [0.1, 0.15) is 0 Å². The Labute approximate surface area is 204 Å². The molecular weight excluding hydrogens is 454 g/mol. The predicted molar refractivity (Wildman–Crippen MR) is 133 cm³/mol. The summed E-state index contributed by atoms with van der Waals surface area (Å²) in [5.41, 5.74) is 1.79. The number of aromatic nitrogens is 2. The molecule has 9 heteroatoms. The monoisotopic (exact) mass is 487 g/mol. The van der Waals surface area contributed by atoms with Crippen molar-refractivity contribution in [2.24, 2.45) is 0 Å². The van der Waals surface area contributed by atoms with Crippen LogP contribution in [0.5, 0.6) is 11.5 Å². The van der Waals surface area contributed by atoms with E-state index in [1.165, 1.54) is 30.2 Å². The summed E-state index contributed by atoms with van der Waals surface area (Å²) in [5.74, 6) is 1.05. The van der Waals surface area contributed by atoms with E-state index in [4.69, 9.17) is 19.2 Å². The number of carbonyl (C=O) groups is 1. The second-order valence-electron chi connectivity index (χ2n) is 8.63. The van der Waals surface area contributed by atoms with E-state index in [9.17, 15) is 9.59 Å². The summed E-state index contributed by atoms with van der Waals surface area (Å²) in [6.45, 7) is 4.70. The molecule has 4 rings (SSSR count). The van der Waals surface area contributed by atoms with Gasteiger partial charge in [-0.1, -0.05) is 23.4 Å². The van der Waals surface area contributed by atoms with Crippen molar-refractivity contribution < 1.29 is 19.0 Å². The third-order valence-corrected chi connectivity index (χ3v) is 7.50. The molecule has 2 aliphatic rings. The summed E-state index contributed by atoms with van der Waals surface area (Å²) >= 11 is 1.34. The third kappa shape index (κ3) is 5.41. The molecule has 184 valence electrons. The molecule has 1 aliphatic heterocycles. The van der Waals surface area contributed by atoms with Crippen LogP contribution in [-0.2, 0) is 16.1 Å². The number of methoxy groups -OCH3 is 2. The molecular formula is C25H33N3O5S. The molecule has 34 heavy (non-hydrogen) atoms. The molecule has 0 radical (unpaired) electrons. The van der Waals surface area contributed by atoms with Crippen LogP contribution in [0, 0.1) is 0 Å². The molecule has 0 bridgehead atoms. The van der Waals surface area contributed by atoms with Gasteiger partial charge in [0.25, 0.3) is 5.56 Å². The lowest BCUT2D eigenvalue weighted by Crippen LogP contribution is -2.44. The van der Waals surface area contributed by atoms with E-state index in [2.05, 4.69) is 6.08 Å². The van der Waals surface area contributed by atoms with Crippen LogP contribution in [0.4, 0.5) is 0 Å². The van der Waals surface area contributed by atoms with Gasteiger partial charge in [-0.15, -0.1) is 0 Å². The first kappa shape index (κ1) is 24.6. The number of hydrogen-bond acceptors (Lipinski definition) is 7. The van der Waals surface area contributed by atoms with Crippen molar-refractivity contribution in [1.82, 2.24) is 14.5 Å². The van der Waals surface area contributed by atoms with E-state index >= 15 is 0 Å². The predicted octanol–water partition coefficient (Wildman–Crippen LogP) is 3.64. The number of thioether (sulfide) groups is 1. The normalized spacial score (nSPS) is 17.4. The highest BCUT2D eigenvalue weighted by atomic mass is 32.2. The maximum Gasteiger partial charge on any atom is 0.262 e. The van der Waals surface area contributed by atoms with Crippen LogP contribution in [-0.4, -0.2) is 66.1 Å². The number of nitrogens with zero attached hydrogens (tertiary/aromatic N) is 3. The minimum absolute atomic E-state index is 0.0384. The number of rotatable bonds is 8. The number of fused-ring (bicyclic) bond motifs is 1. The standard InChI is InChI=1S/C25H33N3O5S/c1-17(23(29)27-11-13-33-14-12-27)34-25-26-20-16-22(32-3)21(31-2)15-19(20)24(30)28(25)10-9-18-7-5-4-6-8-18/h7,15-17H,4-6,8-14H2,1-3H3. The highest BCUT2D eigenvalue weighted by molar-refractivity contribution is 8.00. The van der Waals surface area contributed by atoms with Crippen molar-refractivity contribution in [1.29, 1.82) is 0 Å². The van der Waals surface area contributed by atoms with Gasteiger partial charge < -0.3 is 19.1 Å². The third-order valence-electron chi connectivity index (χ3n) is 6.42. The van der Waals surface area contributed by atoms with Crippen molar-refractivity contribution in [3.8, 4) is 11.5 Å². The van der Waals surface area contributed by atoms with Crippen LogP contribution in [0.25, 0.3) is 10.9 Å². The molecule has 1 amide bonds. The van der Waals surface area contributed by atoms with Crippen molar-refractivity contribution in [2.75, 3.05) is 40.5 Å². The summed E-state index contributed by atoms with van der Waals surface area (Å²) in [6.07, 6.45) is 7.71. The summed E-state index contributed by atoms with van der Waals surface area (Å²) in [5, 5.41) is 0.657. The summed E-state index contributed by atoms with van der Waals surface area (Å²) < 4.78 is 17.9.